The van der Waals surface area contributed by atoms with E-state index in [1.165, 1.54) is 0 Å². The Morgan fingerprint density at radius 2 is 2.00 bits per heavy atom. The minimum atomic E-state index is -0.193. The second kappa shape index (κ2) is 8.04. The van der Waals surface area contributed by atoms with Crippen molar-refractivity contribution in [1.82, 2.24) is 5.06 Å². The predicted octanol–water partition coefficient (Wildman–Crippen LogP) is 4.45. The number of halogens is 1. The van der Waals surface area contributed by atoms with E-state index in [1.54, 1.807) is 19.3 Å². The van der Waals surface area contributed by atoms with Crippen LogP contribution in [-0.2, 0) is 4.84 Å². The van der Waals surface area contributed by atoms with E-state index in [1.807, 2.05) is 60.9 Å². The summed E-state index contributed by atoms with van der Waals surface area (Å²) < 4.78 is 5.26. The monoisotopic (exact) mass is 396 g/mol. The third kappa shape index (κ3) is 3.74. The fourth-order valence-corrected chi connectivity index (χ4v) is 3.65. The first-order valence-electron chi connectivity index (χ1n) is 8.99. The molecule has 1 N–H and O–H groups in total. The SMILES string of the molecule is COc1cccc(NC2=NC3C(C=N2)CC(c2ccccc2Cl)=CN3OC)c1. The van der Waals surface area contributed by atoms with Crippen LogP contribution in [0.25, 0.3) is 5.57 Å². The molecule has 2 unspecified atom stereocenters. The van der Waals surface area contributed by atoms with E-state index >= 15 is 0 Å². The average molecular weight is 397 g/mol. The molecule has 144 valence electrons. The Bertz CT molecular complexity index is 957. The molecular weight excluding hydrogens is 376 g/mol. The first-order chi connectivity index (χ1) is 13.7. The lowest BCUT2D eigenvalue weighted by atomic mass is 9.90. The largest absolute Gasteiger partial charge is 0.497 e. The van der Waals surface area contributed by atoms with Gasteiger partial charge in [-0.05, 0) is 35.8 Å². The first kappa shape index (κ1) is 18.5. The van der Waals surface area contributed by atoms with E-state index in [4.69, 9.17) is 26.2 Å². The van der Waals surface area contributed by atoms with Crippen LogP contribution in [0.3, 0.4) is 0 Å². The highest BCUT2D eigenvalue weighted by molar-refractivity contribution is 6.32. The Balaban J connectivity index is 1.58. The summed E-state index contributed by atoms with van der Waals surface area (Å²) in [6.07, 6.45) is 4.49. The Hall–Kier alpha value is -2.83. The van der Waals surface area contributed by atoms with Crippen molar-refractivity contribution in [2.24, 2.45) is 15.9 Å². The minimum Gasteiger partial charge on any atom is -0.497 e. The summed E-state index contributed by atoms with van der Waals surface area (Å²) in [7, 11) is 3.28. The van der Waals surface area contributed by atoms with Crippen LogP contribution < -0.4 is 10.1 Å². The van der Waals surface area contributed by atoms with Crippen molar-refractivity contribution < 1.29 is 9.57 Å². The topological polar surface area (TPSA) is 58.5 Å². The molecule has 2 aliphatic rings. The van der Waals surface area contributed by atoms with Crippen molar-refractivity contribution in [3.63, 3.8) is 0 Å². The summed E-state index contributed by atoms with van der Waals surface area (Å²) in [5, 5.41) is 5.71. The molecule has 0 radical (unpaired) electrons. The number of hydrogen-bond acceptors (Lipinski definition) is 6. The normalized spacial score (nSPS) is 20.9. The number of aliphatic imine (C=N–C) groups is 2. The smallest absolute Gasteiger partial charge is 0.224 e. The highest BCUT2D eigenvalue weighted by Gasteiger charge is 2.34. The third-order valence-electron chi connectivity index (χ3n) is 4.78. The molecule has 28 heavy (non-hydrogen) atoms. The van der Waals surface area contributed by atoms with Crippen LogP contribution in [0.2, 0.25) is 5.02 Å². The molecule has 0 spiro atoms. The molecule has 6 nitrogen and oxygen atoms in total. The molecule has 4 rings (SSSR count). The number of nitrogens with zero attached hydrogens (tertiary/aromatic N) is 3. The van der Waals surface area contributed by atoms with Gasteiger partial charge in [0.25, 0.3) is 0 Å². The fraction of sp³-hybridized carbons (Fsp3) is 0.238. The minimum absolute atomic E-state index is 0.0899. The van der Waals surface area contributed by atoms with Crippen molar-refractivity contribution in [3.05, 3.63) is 65.3 Å². The number of hydrogen-bond donors (Lipinski definition) is 1. The Morgan fingerprint density at radius 1 is 1.14 bits per heavy atom. The van der Waals surface area contributed by atoms with Gasteiger partial charge in [-0.15, -0.1) is 0 Å². The zero-order valence-corrected chi connectivity index (χ0v) is 16.4. The van der Waals surface area contributed by atoms with Crippen LogP contribution in [0, 0.1) is 5.92 Å². The Kier molecular flexibility index (Phi) is 5.32. The number of methoxy groups -OCH3 is 1. The molecule has 0 bridgehead atoms. The number of guanidine groups is 1. The molecule has 0 saturated carbocycles. The predicted molar refractivity (Wildman–Crippen MR) is 113 cm³/mol. The van der Waals surface area contributed by atoms with E-state index in [-0.39, 0.29) is 12.1 Å². The van der Waals surface area contributed by atoms with Gasteiger partial charge in [0, 0.05) is 35.1 Å². The molecule has 7 heteroatoms. The fourth-order valence-electron chi connectivity index (χ4n) is 3.39. The van der Waals surface area contributed by atoms with Crippen LogP contribution in [-0.4, -0.2) is 37.6 Å². The van der Waals surface area contributed by atoms with Gasteiger partial charge >= 0.3 is 0 Å². The zero-order chi connectivity index (χ0) is 19.5. The van der Waals surface area contributed by atoms with Gasteiger partial charge in [0.1, 0.15) is 5.75 Å². The second-order valence-electron chi connectivity index (χ2n) is 6.55. The number of anilines is 1. The molecule has 2 aromatic carbocycles. The molecule has 0 aliphatic carbocycles. The number of ether oxygens (including phenoxy) is 1. The summed E-state index contributed by atoms with van der Waals surface area (Å²) in [5.41, 5.74) is 2.96. The molecular formula is C21H21ClN4O2. The van der Waals surface area contributed by atoms with E-state index in [2.05, 4.69) is 10.3 Å². The molecule has 0 fully saturated rings. The van der Waals surface area contributed by atoms with Gasteiger partial charge in [-0.2, -0.15) is 0 Å². The Morgan fingerprint density at radius 3 is 2.79 bits per heavy atom. The van der Waals surface area contributed by atoms with E-state index in [0.29, 0.717) is 5.96 Å². The maximum Gasteiger partial charge on any atom is 0.224 e. The molecule has 0 amide bonds. The average Bonchev–Trinajstić information content (AvgIpc) is 2.73. The van der Waals surface area contributed by atoms with E-state index < -0.39 is 0 Å². The number of nitrogens with one attached hydrogen (secondary N) is 1. The molecule has 2 atom stereocenters. The highest BCUT2D eigenvalue weighted by Crippen LogP contribution is 2.36. The van der Waals surface area contributed by atoms with Crippen molar-refractivity contribution in [2.45, 2.75) is 12.6 Å². The third-order valence-corrected chi connectivity index (χ3v) is 5.11. The van der Waals surface area contributed by atoms with Crippen molar-refractivity contribution in [3.8, 4) is 5.75 Å². The van der Waals surface area contributed by atoms with Gasteiger partial charge in [0.2, 0.25) is 5.96 Å². The van der Waals surface area contributed by atoms with Crippen LogP contribution >= 0.6 is 11.6 Å². The maximum absolute atomic E-state index is 6.38. The van der Waals surface area contributed by atoms with Gasteiger partial charge in [0.15, 0.2) is 6.17 Å². The lowest BCUT2D eigenvalue weighted by molar-refractivity contribution is -0.128. The van der Waals surface area contributed by atoms with E-state index in [0.717, 1.165) is 34.0 Å². The lowest BCUT2D eigenvalue weighted by Gasteiger charge is -2.37. The van der Waals surface area contributed by atoms with Crippen LogP contribution in [0.5, 0.6) is 5.75 Å². The zero-order valence-electron chi connectivity index (χ0n) is 15.7. The number of allylic oxidation sites excluding steroid dienone is 1. The van der Waals surface area contributed by atoms with Gasteiger partial charge in [-0.1, -0.05) is 35.9 Å². The molecule has 0 saturated heterocycles. The number of benzene rings is 2. The van der Waals surface area contributed by atoms with Gasteiger partial charge in [-0.3, -0.25) is 4.84 Å². The van der Waals surface area contributed by atoms with Crippen LogP contribution in [0.4, 0.5) is 5.69 Å². The standard InChI is InChI=1S/C21H21ClN4O2/c1-27-17-7-5-6-16(11-17)24-21-23-12-14-10-15(13-26(28-2)20(14)25-21)18-8-3-4-9-19(18)22/h3-9,11-14,20H,10H2,1-2H3,(H,24,25). The Labute approximate surface area is 169 Å². The van der Waals surface area contributed by atoms with E-state index in [9.17, 15) is 0 Å². The van der Waals surface area contributed by atoms with Gasteiger partial charge < -0.3 is 10.1 Å². The summed E-state index contributed by atoms with van der Waals surface area (Å²) in [5.74, 6) is 1.39. The maximum atomic E-state index is 6.38. The first-order valence-corrected chi connectivity index (χ1v) is 9.37. The number of hydroxylamine groups is 2. The second-order valence-corrected chi connectivity index (χ2v) is 6.95. The lowest BCUT2D eigenvalue weighted by Crippen LogP contribution is -2.42. The quantitative estimate of drug-likeness (QED) is 0.829. The number of fused-ring (bicyclic) bond motifs is 1. The molecule has 0 aromatic heterocycles. The molecule has 2 heterocycles. The molecule has 2 aromatic rings. The summed E-state index contributed by atoms with van der Waals surface area (Å²) >= 11 is 6.38. The molecule has 2 aliphatic heterocycles. The highest BCUT2D eigenvalue weighted by atomic mass is 35.5. The number of rotatable bonds is 4. The summed E-state index contributed by atoms with van der Waals surface area (Å²) in [4.78, 5) is 14.8. The van der Waals surface area contributed by atoms with Gasteiger partial charge in [0.05, 0.1) is 14.2 Å². The van der Waals surface area contributed by atoms with Crippen molar-refractivity contribution in [2.75, 3.05) is 19.5 Å². The summed E-state index contributed by atoms with van der Waals surface area (Å²) in [6.45, 7) is 0. The van der Waals surface area contributed by atoms with Gasteiger partial charge in [-0.25, -0.2) is 15.0 Å². The summed E-state index contributed by atoms with van der Waals surface area (Å²) in [6, 6.07) is 15.5. The van der Waals surface area contributed by atoms with Crippen molar-refractivity contribution in [1.29, 1.82) is 0 Å². The van der Waals surface area contributed by atoms with Crippen LogP contribution in [0.15, 0.2) is 64.7 Å². The van der Waals surface area contributed by atoms with Crippen molar-refractivity contribution >= 4 is 35.0 Å². The van der Waals surface area contributed by atoms with Crippen LogP contribution in [0.1, 0.15) is 12.0 Å².